The molecule has 0 bridgehead atoms. The molecule has 64 valence electrons. The van der Waals surface area contributed by atoms with Crippen molar-refractivity contribution in [3.05, 3.63) is 0 Å². The minimum absolute atomic E-state index is 0. The Morgan fingerprint density at radius 3 is 0.900 bits per heavy atom. The van der Waals surface area contributed by atoms with Gasteiger partial charge in [-0.2, -0.15) is 0 Å². The van der Waals surface area contributed by atoms with Gasteiger partial charge in [-0.05, 0) is 0 Å². The molecule has 2 nitrogen and oxygen atoms in total. The van der Waals surface area contributed by atoms with Crippen molar-refractivity contribution in [3.63, 3.8) is 0 Å². The highest BCUT2D eigenvalue weighted by atomic mass is 15.5. The van der Waals surface area contributed by atoms with E-state index in [1.165, 1.54) is 6.67 Å². The van der Waals surface area contributed by atoms with E-state index in [2.05, 4.69) is 42.3 Å². The lowest BCUT2D eigenvalue weighted by atomic mass is 10.6. The van der Waals surface area contributed by atoms with Gasteiger partial charge in [-0.1, -0.05) is 7.43 Å². The summed E-state index contributed by atoms with van der Waals surface area (Å²) in [6, 6.07) is 0. The molecule has 0 fully saturated rings. The molecule has 0 rings (SSSR count). The molecule has 0 aliphatic rings. The van der Waals surface area contributed by atoms with Crippen LogP contribution in [0.3, 0.4) is 0 Å². The molecule has 2 heteroatoms. The molecule has 0 aliphatic heterocycles. The van der Waals surface area contributed by atoms with Gasteiger partial charge in [0.05, 0.1) is 42.3 Å². The zero-order valence-electron chi connectivity index (χ0n) is 7.60. The molecule has 0 saturated carbocycles. The fourth-order valence-electron chi connectivity index (χ4n) is 1.27. The van der Waals surface area contributed by atoms with Crippen LogP contribution < -0.4 is 0 Å². The second kappa shape index (κ2) is 3.35. The fourth-order valence-corrected chi connectivity index (χ4v) is 1.27. The third-order valence-electron chi connectivity index (χ3n) is 0.849. The first-order valence-corrected chi connectivity index (χ1v) is 3.32. The molecule has 0 aromatic carbocycles. The molecule has 0 aromatic rings. The van der Waals surface area contributed by atoms with Crippen molar-refractivity contribution >= 4 is 0 Å². The zero-order chi connectivity index (χ0) is 7.71. The van der Waals surface area contributed by atoms with Crippen molar-refractivity contribution in [2.75, 3.05) is 49.0 Å². The molecule has 0 spiro atoms. The van der Waals surface area contributed by atoms with Gasteiger partial charge in [0.15, 0.2) is 0 Å². The van der Waals surface area contributed by atoms with Gasteiger partial charge in [0.1, 0.15) is 0 Å². The van der Waals surface area contributed by atoms with Gasteiger partial charge in [-0.3, -0.25) is 8.97 Å². The predicted octanol–water partition coefficient (Wildman–Crippen LogP) is 0.992. The van der Waals surface area contributed by atoms with E-state index in [1.54, 1.807) is 0 Å². The van der Waals surface area contributed by atoms with E-state index in [1.807, 2.05) is 0 Å². The molecule has 0 aliphatic carbocycles. The Hall–Kier alpha value is -0.0800. The Morgan fingerprint density at radius 1 is 0.700 bits per heavy atom. The molecular weight excluding hydrogens is 124 g/mol. The van der Waals surface area contributed by atoms with E-state index in [4.69, 9.17) is 0 Å². The standard InChI is InChI=1S/C7H20N2.CH4/c1-8(2,3)7-9(4,5)6;/h7H2,1-6H3;1H4/q+2;. The van der Waals surface area contributed by atoms with Crippen LogP contribution in [-0.2, 0) is 0 Å². The summed E-state index contributed by atoms with van der Waals surface area (Å²) in [5, 5.41) is 0. The molecule has 10 heavy (non-hydrogen) atoms. The summed E-state index contributed by atoms with van der Waals surface area (Å²) < 4.78 is 2.06. The SMILES string of the molecule is C.C[N+](C)(C)C[N+](C)(C)C. The second-order valence-corrected chi connectivity index (χ2v) is 4.72. The first kappa shape index (κ1) is 12.6. The van der Waals surface area contributed by atoms with Gasteiger partial charge < -0.3 is 0 Å². The van der Waals surface area contributed by atoms with Crippen LogP contribution in [0.2, 0.25) is 0 Å². The Kier molecular flexibility index (Phi) is 4.22. The molecule has 0 radical (unpaired) electrons. The average Bonchev–Trinajstić information content (AvgIpc) is 1.14. The Bertz CT molecular complexity index is 72.4. The molecular formula is C8H24N2+2. The highest BCUT2D eigenvalue weighted by Gasteiger charge is 2.17. The van der Waals surface area contributed by atoms with E-state index < -0.39 is 0 Å². The van der Waals surface area contributed by atoms with Crippen LogP contribution in [0.4, 0.5) is 0 Å². The summed E-state index contributed by atoms with van der Waals surface area (Å²) in [5.41, 5.74) is 0. The summed E-state index contributed by atoms with van der Waals surface area (Å²) in [7, 11) is 13.3. The third-order valence-corrected chi connectivity index (χ3v) is 0.849. The van der Waals surface area contributed by atoms with Crippen molar-refractivity contribution in [1.82, 2.24) is 0 Å². The van der Waals surface area contributed by atoms with E-state index >= 15 is 0 Å². The smallest absolute Gasteiger partial charge is 0.206 e. The third kappa shape index (κ3) is 10.8. The quantitative estimate of drug-likeness (QED) is 0.405. The lowest BCUT2D eigenvalue weighted by Gasteiger charge is -2.32. The summed E-state index contributed by atoms with van der Waals surface area (Å²) in [5.74, 6) is 0. The van der Waals surface area contributed by atoms with Crippen LogP contribution in [-0.4, -0.2) is 57.9 Å². The van der Waals surface area contributed by atoms with E-state index in [9.17, 15) is 0 Å². The van der Waals surface area contributed by atoms with Gasteiger partial charge in [0.2, 0.25) is 6.67 Å². The van der Waals surface area contributed by atoms with Crippen molar-refractivity contribution in [3.8, 4) is 0 Å². The second-order valence-electron chi connectivity index (χ2n) is 4.72. The van der Waals surface area contributed by atoms with Gasteiger partial charge in [0.25, 0.3) is 0 Å². The molecule has 0 aromatic heterocycles. The maximum atomic E-state index is 2.21. The van der Waals surface area contributed by atoms with Crippen molar-refractivity contribution in [2.24, 2.45) is 0 Å². The fraction of sp³-hybridized carbons (Fsp3) is 1.00. The first-order chi connectivity index (χ1) is 3.71. The van der Waals surface area contributed by atoms with Gasteiger partial charge in [-0.25, -0.2) is 0 Å². The molecule has 0 amide bonds. The predicted molar refractivity (Wildman–Crippen MR) is 47.7 cm³/mol. The van der Waals surface area contributed by atoms with Crippen LogP contribution >= 0.6 is 0 Å². The number of quaternary nitrogens is 2. The summed E-state index contributed by atoms with van der Waals surface area (Å²) in [4.78, 5) is 0. The Labute approximate surface area is 66.2 Å². The molecule has 0 unspecified atom stereocenters. The lowest BCUT2D eigenvalue weighted by Crippen LogP contribution is -2.51. The van der Waals surface area contributed by atoms with Gasteiger partial charge in [-0.15, -0.1) is 0 Å². The van der Waals surface area contributed by atoms with E-state index in [0.717, 1.165) is 8.97 Å². The summed E-state index contributed by atoms with van der Waals surface area (Å²) in [6.45, 7) is 1.17. The lowest BCUT2D eigenvalue weighted by molar-refractivity contribution is -1.05. The molecule has 0 atom stereocenters. The molecule has 0 saturated heterocycles. The van der Waals surface area contributed by atoms with Crippen LogP contribution in [0, 0.1) is 0 Å². The normalized spacial score (nSPS) is 12.6. The minimum Gasteiger partial charge on any atom is -0.284 e. The summed E-state index contributed by atoms with van der Waals surface area (Å²) in [6.07, 6.45) is 0. The largest absolute Gasteiger partial charge is 0.284 e. The summed E-state index contributed by atoms with van der Waals surface area (Å²) >= 11 is 0. The van der Waals surface area contributed by atoms with E-state index in [-0.39, 0.29) is 7.43 Å². The first-order valence-electron chi connectivity index (χ1n) is 3.32. The minimum atomic E-state index is 0. The number of hydrogen-bond donors (Lipinski definition) is 0. The number of nitrogens with zero attached hydrogens (tertiary/aromatic N) is 2. The van der Waals surface area contributed by atoms with Crippen LogP contribution in [0.1, 0.15) is 7.43 Å². The van der Waals surface area contributed by atoms with Crippen LogP contribution in [0.5, 0.6) is 0 Å². The van der Waals surface area contributed by atoms with Gasteiger partial charge >= 0.3 is 0 Å². The highest BCUT2D eigenvalue weighted by molar-refractivity contribution is 4.07. The van der Waals surface area contributed by atoms with Crippen molar-refractivity contribution in [2.45, 2.75) is 7.43 Å². The van der Waals surface area contributed by atoms with Crippen molar-refractivity contribution in [1.29, 1.82) is 0 Å². The maximum Gasteiger partial charge on any atom is 0.206 e. The number of rotatable bonds is 2. The van der Waals surface area contributed by atoms with E-state index in [0.29, 0.717) is 0 Å². The Balaban J connectivity index is 0. The van der Waals surface area contributed by atoms with Crippen molar-refractivity contribution < 1.29 is 8.97 Å². The van der Waals surface area contributed by atoms with Gasteiger partial charge in [0, 0.05) is 0 Å². The zero-order valence-corrected chi connectivity index (χ0v) is 7.60. The topological polar surface area (TPSA) is 0 Å². The molecule has 0 heterocycles. The van der Waals surface area contributed by atoms with Crippen LogP contribution in [0.25, 0.3) is 0 Å². The number of hydrogen-bond acceptors (Lipinski definition) is 0. The average molecular weight is 148 g/mol. The maximum absolute atomic E-state index is 2.21. The van der Waals surface area contributed by atoms with Crippen LogP contribution in [0.15, 0.2) is 0 Å². The Morgan fingerprint density at radius 2 is 0.900 bits per heavy atom. The highest BCUT2D eigenvalue weighted by Crippen LogP contribution is 1.97. The monoisotopic (exact) mass is 148 g/mol. The molecule has 0 N–H and O–H groups in total.